The number of anilines is 1. The summed E-state index contributed by atoms with van der Waals surface area (Å²) in [5.74, 6) is -1.66. The number of hydrogen-bond acceptors (Lipinski definition) is 6. The van der Waals surface area contributed by atoms with E-state index in [0.717, 1.165) is 17.0 Å². The van der Waals surface area contributed by atoms with Gasteiger partial charge in [-0.3, -0.25) is 19.3 Å². The van der Waals surface area contributed by atoms with E-state index in [4.69, 9.17) is 4.74 Å². The van der Waals surface area contributed by atoms with E-state index in [-0.39, 0.29) is 42.0 Å². The van der Waals surface area contributed by atoms with Crippen LogP contribution in [0.4, 0.5) is 18.9 Å². The van der Waals surface area contributed by atoms with Crippen molar-refractivity contribution in [1.82, 2.24) is 4.90 Å². The average molecular weight is 470 g/mol. The zero-order valence-corrected chi connectivity index (χ0v) is 17.4. The van der Waals surface area contributed by atoms with Gasteiger partial charge in [0.2, 0.25) is 5.91 Å². The molecule has 3 amide bonds. The minimum atomic E-state index is -5.61. The maximum absolute atomic E-state index is 12.8. The minimum Gasteiger partial charge on any atom is -0.495 e. The van der Waals surface area contributed by atoms with Crippen LogP contribution in [0.1, 0.15) is 33.6 Å². The van der Waals surface area contributed by atoms with E-state index in [0.29, 0.717) is 6.07 Å². The molecule has 12 heteroatoms. The molecule has 1 heterocycles. The molecule has 0 bridgehead atoms. The lowest BCUT2D eigenvalue weighted by Gasteiger charge is -2.15. The van der Waals surface area contributed by atoms with Crippen molar-refractivity contribution in [2.24, 2.45) is 0 Å². The van der Waals surface area contributed by atoms with Gasteiger partial charge in [0.25, 0.3) is 21.7 Å². The zero-order valence-electron chi connectivity index (χ0n) is 16.6. The number of halogens is 3. The number of nitrogens with one attached hydrogen (secondary N) is 1. The number of imide groups is 1. The molecule has 2 aromatic rings. The standard InChI is InChI=1S/C20H17F3N2O6S/c1-31-16-9-8-12(32(29,30)20(21,22)23)11-15(16)24-17(26)7-4-10-25-18(27)13-5-2-3-6-14(13)19(25)28/h2-3,5-6,8-9,11H,4,7,10H2,1H3,(H,24,26). The normalized spacial score (nSPS) is 13.8. The fourth-order valence-electron chi connectivity index (χ4n) is 3.14. The number of benzene rings is 2. The molecule has 0 aliphatic carbocycles. The predicted molar refractivity (Wildman–Crippen MR) is 106 cm³/mol. The fraction of sp³-hybridized carbons (Fsp3) is 0.250. The molecule has 2 aromatic carbocycles. The number of alkyl halides is 3. The Balaban J connectivity index is 1.66. The Morgan fingerprint density at radius 1 is 1.06 bits per heavy atom. The lowest BCUT2D eigenvalue weighted by Crippen LogP contribution is -2.31. The Morgan fingerprint density at radius 2 is 1.66 bits per heavy atom. The summed E-state index contributed by atoms with van der Waals surface area (Å²) in [5, 5.41) is 2.31. The first-order valence-electron chi connectivity index (χ1n) is 9.22. The van der Waals surface area contributed by atoms with Gasteiger partial charge in [0.1, 0.15) is 5.75 Å². The average Bonchev–Trinajstić information content (AvgIpc) is 2.98. The minimum absolute atomic E-state index is 0.0418. The summed E-state index contributed by atoms with van der Waals surface area (Å²) < 4.78 is 66.6. The quantitative estimate of drug-likeness (QED) is 0.623. The third-order valence-corrected chi connectivity index (χ3v) is 6.21. The highest BCUT2D eigenvalue weighted by atomic mass is 32.2. The Hall–Kier alpha value is -3.41. The first kappa shape index (κ1) is 23.3. The van der Waals surface area contributed by atoms with E-state index in [1.54, 1.807) is 12.1 Å². The maximum atomic E-state index is 12.8. The number of rotatable bonds is 7. The first-order chi connectivity index (χ1) is 15.0. The van der Waals surface area contributed by atoms with Crippen molar-refractivity contribution >= 4 is 33.2 Å². The topological polar surface area (TPSA) is 110 Å². The van der Waals surface area contributed by atoms with Gasteiger partial charge in [0, 0.05) is 13.0 Å². The molecule has 0 radical (unpaired) electrons. The molecule has 3 rings (SSSR count). The van der Waals surface area contributed by atoms with Crippen LogP contribution in [-0.2, 0) is 14.6 Å². The summed E-state index contributed by atoms with van der Waals surface area (Å²) in [4.78, 5) is 36.8. The van der Waals surface area contributed by atoms with Gasteiger partial charge in [-0.25, -0.2) is 8.42 Å². The Morgan fingerprint density at radius 3 is 2.19 bits per heavy atom. The molecule has 0 saturated heterocycles. The Labute approximate surface area is 180 Å². The van der Waals surface area contributed by atoms with Crippen molar-refractivity contribution in [2.75, 3.05) is 19.0 Å². The number of amides is 3. The van der Waals surface area contributed by atoms with Crippen molar-refractivity contribution in [1.29, 1.82) is 0 Å². The molecule has 1 aliphatic rings. The van der Waals surface area contributed by atoms with Crippen LogP contribution >= 0.6 is 0 Å². The molecular weight excluding hydrogens is 453 g/mol. The third-order valence-electron chi connectivity index (χ3n) is 4.72. The summed E-state index contributed by atoms with van der Waals surface area (Å²) >= 11 is 0. The van der Waals surface area contributed by atoms with Crippen LogP contribution in [0.5, 0.6) is 5.75 Å². The Bertz CT molecular complexity index is 1160. The van der Waals surface area contributed by atoms with Gasteiger partial charge in [-0.2, -0.15) is 13.2 Å². The van der Waals surface area contributed by atoms with Crippen molar-refractivity contribution < 1.29 is 40.7 Å². The monoisotopic (exact) mass is 470 g/mol. The van der Waals surface area contributed by atoms with Gasteiger partial charge in [-0.05, 0) is 36.8 Å². The number of sulfone groups is 1. The molecule has 0 saturated carbocycles. The summed E-state index contributed by atoms with van der Waals surface area (Å²) in [5.41, 5.74) is -5.22. The largest absolute Gasteiger partial charge is 0.501 e. The number of nitrogens with zero attached hydrogens (tertiary/aromatic N) is 1. The molecule has 0 aromatic heterocycles. The van der Waals surface area contributed by atoms with Crippen LogP contribution in [0.25, 0.3) is 0 Å². The highest BCUT2D eigenvalue weighted by Crippen LogP contribution is 2.34. The number of fused-ring (bicyclic) bond motifs is 1. The molecule has 0 spiro atoms. The number of hydrogen-bond donors (Lipinski definition) is 1. The lowest BCUT2D eigenvalue weighted by atomic mass is 10.1. The number of methoxy groups -OCH3 is 1. The second kappa shape index (κ2) is 8.61. The third kappa shape index (κ3) is 4.31. The second-order valence-corrected chi connectivity index (χ2v) is 8.71. The smallest absolute Gasteiger partial charge is 0.495 e. The van der Waals surface area contributed by atoms with Crippen molar-refractivity contribution in [3.8, 4) is 5.75 Å². The maximum Gasteiger partial charge on any atom is 0.501 e. The predicted octanol–water partition coefficient (Wildman–Crippen LogP) is 3.00. The molecule has 32 heavy (non-hydrogen) atoms. The van der Waals surface area contributed by atoms with E-state index in [1.165, 1.54) is 19.2 Å². The van der Waals surface area contributed by atoms with Gasteiger partial charge in [0.15, 0.2) is 0 Å². The van der Waals surface area contributed by atoms with Crippen molar-refractivity contribution in [3.63, 3.8) is 0 Å². The fourth-order valence-corrected chi connectivity index (χ4v) is 3.93. The summed E-state index contributed by atoms with van der Waals surface area (Å²) in [7, 11) is -4.42. The molecule has 0 fully saturated rings. The molecule has 1 aliphatic heterocycles. The summed E-state index contributed by atoms with van der Waals surface area (Å²) in [6, 6.07) is 8.67. The molecule has 0 unspecified atom stereocenters. The van der Waals surface area contributed by atoms with Crippen LogP contribution in [0.3, 0.4) is 0 Å². The van der Waals surface area contributed by atoms with Crippen molar-refractivity contribution in [2.45, 2.75) is 23.2 Å². The van der Waals surface area contributed by atoms with Crippen molar-refractivity contribution in [3.05, 3.63) is 53.6 Å². The van der Waals surface area contributed by atoms with Crippen LogP contribution in [0.15, 0.2) is 47.4 Å². The van der Waals surface area contributed by atoms with Gasteiger partial charge >= 0.3 is 5.51 Å². The highest BCUT2D eigenvalue weighted by Gasteiger charge is 2.47. The second-order valence-electron chi connectivity index (χ2n) is 6.77. The van der Waals surface area contributed by atoms with Crippen LogP contribution in [-0.4, -0.2) is 50.2 Å². The van der Waals surface area contributed by atoms with E-state index in [9.17, 15) is 36.0 Å². The Kier molecular flexibility index (Phi) is 6.26. The van der Waals surface area contributed by atoms with Gasteiger partial charge < -0.3 is 10.1 Å². The summed E-state index contributed by atoms with van der Waals surface area (Å²) in [6.45, 7) is -0.0423. The van der Waals surface area contributed by atoms with Crippen LogP contribution in [0, 0.1) is 0 Å². The van der Waals surface area contributed by atoms with Gasteiger partial charge in [-0.15, -0.1) is 0 Å². The number of carbonyl (C=O) groups is 3. The van der Waals surface area contributed by atoms with Crippen LogP contribution in [0.2, 0.25) is 0 Å². The van der Waals surface area contributed by atoms with Gasteiger partial charge in [-0.1, -0.05) is 12.1 Å². The SMILES string of the molecule is COc1ccc(S(=O)(=O)C(F)(F)F)cc1NC(=O)CCCN1C(=O)c2ccccc2C1=O. The summed E-state index contributed by atoms with van der Waals surface area (Å²) in [6.07, 6.45) is -0.104. The van der Waals surface area contributed by atoms with Gasteiger partial charge in [0.05, 0.1) is 28.8 Å². The first-order valence-corrected chi connectivity index (χ1v) is 10.7. The van der Waals surface area contributed by atoms with Crippen LogP contribution < -0.4 is 10.1 Å². The van der Waals surface area contributed by atoms with E-state index < -0.39 is 38.0 Å². The molecule has 1 N–H and O–H groups in total. The number of ether oxygens (including phenoxy) is 1. The molecule has 170 valence electrons. The zero-order chi connectivity index (χ0) is 23.7. The van der Waals surface area contributed by atoms with E-state index in [1.807, 2.05) is 0 Å². The molecule has 8 nitrogen and oxygen atoms in total. The molecular formula is C20H17F3N2O6S. The van der Waals surface area contributed by atoms with E-state index in [2.05, 4.69) is 5.32 Å². The lowest BCUT2D eigenvalue weighted by molar-refractivity contribution is -0.116. The number of carbonyl (C=O) groups excluding carboxylic acids is 3. The van der Waals surface area contributed by atoms with E-state index >= 15 is 0 Å². The molecule has 0 atom stereocenters. The highest BCUT2D eigenvalue weighted by molar-refractivity contribution is 7.92.